The highest BCUT2D eigenvalue weighted by Crippen LogP contribution is 2.03. The summed E-state index contributed by atoms with van der Waals surface area (Å²) < 4.78 is 7.23. The Labute approximate surface area is 108 Å². The Morgan fingerprint density at radius 2 is 2.22 bits per heavy atom. The summed E-state index contributed by atoms with van der Waals surface area (Å²) in [7, 11) is 0. The molecule has 0 saturated heterocycles. The Bertz CT molecular complexity index is 354. The number of hydrogen-bond acceptors (Lipinski definition) is 4. The van der Waals surface area contributed by atoms with Gasteiger partial charge in [-0.3, -0.25) is 4.68 Å². The van der Waals surface area contributed by atoms with Crippen molar-refractivity contribution >= 4 is 0 Å². The molecule has 0 aromatic carbocycles. The maximum Gasteiger partial charge on any atom is 0.114 e. The molecule has 1 N–H and O–H groups in total. The van der Waals surface area contributed by atoms with Gasteiger partial charge in [0.2, 0.25) is 0 Å². The molecule has 1 rings (SSSR count). The zero-order chi connectivity index (χ0) is 13.1. The van der Waals surface area contributed by atoms with E-state index < -0.39 is 6.10 Å². The highest BCUT2D eigenvalue weighted by atomic mass is 16.5. The molecule has 1 heterocycles. The maximum atomic E-state index is 9.38. The number of ether oxygens (including phenoxy) is 1. The van der Waals surface area contributed by atoms with Crippen LogP contribution in [0.25, 0.3) is 0 Å². The Morgan fingerprint density at radius 1 is 1.33 bits per heavy atom. The topological polar surface area (TPSA) is 60.2 Å². The third kappa shape index (κ3) is 7.05. The van der Waals surface area contributed by atoms with Crippen LogP contribution in [0.15, 0.2) is 12.4 Å². The molecule has 0 aliphatic rings. The SMILES string of the molecule is CC#CC(O)CCCCCOCCn1ccnn1. The summed E-state index contributed by atoms with van der Waals surface area (Å²) in [6, 6.07) is 0. The lowest BCUT2D eigenvalue weighted by Crippen LogP contribution is -2.07. The van der Waals surface area contributed by atoms with Crippen LogP contribution in [0.3, 0.4) is 0 Å². The number of rotatable bonds is 9. The molecular weight excluding hydrogens is 230 g/mol. The normalized spacial score (nSPS) is 11.9. The third-order valence-electron chi connectivity index (χ3n) is 2.51. The Morgan fingerprint density at radius 3 is 2.94 bits per heavy atom. The molecule has 5 nitrogen and oxygen atoms in total. The van der Waals surface area contributed by atoms with Gasteiger partial charge in [-0.2, -0.15) is 0 Å². The van der Waals surface area contributed by atoms with Crippen LogP contribution in [0.2, 0.25) is 0 Å². The van der Waals surface area contributed by atoms with Gasteiger partial charge >= 0.3 is 0 Å². The summed E-state index contributed by atoms with van der Waals surface area (Å²) in [5.41, 5.74) is 0. The van der Waals surface area contributed by atoms with E-state index in [1.54, 1.807) is 17.8 Å². The number of aliphatic hydroxyl groups excluding tert-OH is 1. The lowest BCUT2D eigenvalue weighted by molar-refractivity contribution is 0.118. The van der Waals surface area contributed by atoms with Crippen molar-refractivity contribution in [1.29, 1.82) is 0 Å². The minimum absolute atomic E-state index is 0.469. The minimum atomic E-state index is -0.469. The van der Waals surface area contributed by atoms with E-state index in [-0.39, 0.29) is 0 Å². The van der Waals surface area contributed by atoms with Crippen molar-refractivity contribution in [1.82, 2.24) is 15.0 Å². The van der Waals surface area contributed by atoms with Crippen LogP contribution >= 0.6 is 0 Å². The monoisotopic (exact) mass is 251 g/mol. The molecule has 0 aliphatic heterocycles. The second kappa shape index (κ2) is 9.63. The molecule has 5 heteroatoms. The van der Waals surface area contributed by atoms with Gasteiger partial charge in [0.15, 0.2) is 0 Å². The summed E-state index contributed by atoms with van der Waals surface area (Å²) in [5, 5.41) is 16.9. The van der Waals surface area contributed by atoms with Crippen LogP contribution in [0.5, 0.6) is 0 Å². The predicted octanol–water partition coefficient (Wildman–Crippen LogP) is 1.24. The number of hydrogen-bond donors (Lipinski definition) is 1. The molecule has 0 bridgehead atoms. The average Bonchev–Trinajstić information content (AvgIpc) is 2.86. The van der Waals surface area contributed by atoms with Gasteiger partial charge in [0, 0.05) is 12.8 Å². The minimum Gasteiger partial charge on any atom is -0.380 e. The Hall–Kier alpha value is -1.38. The molecule has 1 aromatic rings. The van der Waals surface area contributed by atoms with Gasteiger partial charge in [0.1, 0.15) is 6.10 Å². The molecule has 1 aromatic heterocycles. The van der Waals surface area contributed by atoms with Gasteiger partial charge in [-0.15, -0.1) is 11.0 Å². The average molecular weight is 251 g/mol. The van der Waals surface area contributed by atoms with Gasteiger partial charge in [0.05, 0.1) is 19.3 Å². The molecule has 0 radical (unpaired) electrons. The molecule has 100 valence electrons. The second-order valence-electron chi connectivity index (χ2n) is 4.04. The van der Waals surface area contributed by atoms with Crippen LogP contribution in [-0.2, 0) is 11.3 Å². The van der Waals surface area contributed by atoms with Gasteiger partial charge in [-0.05, 0) is 26.2 Å². The maximum absolute atomic E-state index is 9.38. The van der Waals surface area contributed by atoms with E-state index in [2.05, 4.69) is 22.2 Å². The zero-order valence-electron chi connectivity index (χ0n) is 10.9. The lowest BCUT2D eigenvalue weighted by Gasteiger charge is -2.05. The molecule has 0 amide bonds. The lowest BCUT2D eigenvalue weighted by atomic mass is 10.1. The van der Waals surface area contributed by atoms with Gasteiger partial charge in [0.25, 0.3) is 0 Å². The van der Waals surface area contributed by atoms with Gasteiger partial charge in [-0.1, -0.05) is 17.6 Å². The molecular formula is C13H21N3O2. The fourth-order valence-electron chi connectivity index (χ4n) is 1.57. The largest absolute Gasteiger partial charge is 0.380 e. The second-order valence-corrected chi connectivity index (χ2v) is 4.04. The van der Waals surface area contributed by atoms with Crippen molar-refractivity contribution in [2.45, 2.75) is 45.3 Å². The van der Waals surface area contributed by atoms with Gasteiger partial charge < -0.3 is 9.84 Å². The third-order valence-corrected chi connectivity index (χ3v) is 2.51. The van der Waals surface area contributed by atoms with E-state index in [9.17, 15) is 5.11 Å². The van der Waals surface area contributed by atoms with Gasteiger partial charge in [-0.25, -0.2) is 0 Å². The summed E-state index contributed by atoms with van der Waals surface area (Å²) in [6.45, 7) is 3.90. The first-order valence-corrected chi connectivity index (χ1v) is 6.35. The Balaban J connectivity index is 1.85. The molecule has 1 unspecified atom stereocenters. The Kier molecular flexibility index (Phi) is 7.85. The quantitative estimate of drug-likeness (QED) is 0.530. The highest BCUT2D eigenvalue weighted by Gasteiger charge is 1.98. The number of aliphatic hydroxyl groups is 1. The van der Waals surface area contributed by atoms with Crippen molar-refractivity contribution in [2.24, 2.45) is 0 Å². The summed E-state index contributed by atoms with van der Waals surface area (Å²) in [6.07, 6.45) is 6.82. The zero-order valence-corrected chi connectivity index (χ0v) is 10.9. The first-order valence-electron chi connectivity index (χ1n) is 6.35. The first-order chi connectivity index (χ1) is 8.83. The van der Waals surface area contributed by atoms with Crippen LogP contribution in [0.4, 0.5) is 0 Å². The van der Waals surface area contributed by atoms with E-state index in [0.29, 0.717) is 6.61 Å². The van der Waals surface area contributed by atoms with E-state index in [1.165, 1.54) is 0 Å². The fourth-order valence-corrected chi connectivity index (χ4v) is 1.57. The molecule has 0 saturated carbocycles. The standard InChI is InChI=1S/C13H21N3O2/c1-2-6-13(17)7-4-3-5-11-18-12-10-16-9-8-14-15-16/h8-9,13,17H,3-5,7,10-12H2,1H3. The molecule has 0 aliphatic carbocycles. The van der Waals surface area contributed by atoms with Crippen molar-refractivity contribution < 1.29 is 9.84 Å². The summed E-state index contributed by atoms with van der Waals surface area (Å²) in [5.74, 6) is 5.44. The van der Waals surface area contributed by atoms with Crippen LogP contribution in [0.1, 0.15) is 32.6 Å². The predicted molar refractivity (Wildman–Crippen MR) is 68.8 cm³/mol. The summed E-state index contributed by atoms with van der Waals surface area (Å²) in [4.78, 5) is 0. The van der Waals surface area contributed by atoms with Crippen LogP contribution in [0, 0.1) is 11.8 Å². The molecule has 0 spiro atoms. The van der Waals surface area contributed by atoms with Crippen molar-refractivity contribution in [3.8, 4) is 11.8 Å². The van der Waals surface area contributed by atoms with E-state index >= 15 is 0 Å². The van der Waals surface area contributed by atoms with Crippen molar-refractivity contribution in [2.75, 3.05) is 13.2 Å². The van der Waals surface area contributed by atoms with Crippen LogP contribution < -0.4 is 0 Å². The van der Waals surface area contributed by atoms with E-state index in [0.717, 1.165) is 38.8 Å². The number of aromatic nitrogens is 3. The molecule has 0 fully saturated rings. The van der Waals surface area contributed by atoms with Crippen LogP contribution in [-0.4, -0.2) is 39.4 Å². The fraction of sp³-hybridized carbons (Fsp3) is 0.692. The molecule has 1 atom stereocenters. The van der Waals surface area contributed by atoms with Crippen molar-refractivity contribution in [3.05, 3.63) is 12.4 Å². The summed E-state index contributed by atoms with van der Waals surface area (Å²) >= 11 is 0. The van der Waals surface area contributed by atoms with E-state index in [1.807, 2.05) is 6.20 Å². The van der Waals surface area contributed by atoms with E-state index in [4.69, 9.17) is 4.74 Å². The molecule has 18 heavy (non-hydrogen) atoms. The first kappa shape index (κ1) is 14.7. The highest BCUT2D eigenvalue weighted by molar-refractivity contribution is 5.01. The number of unbranched alkanes of at least 4 members (excludes halogenated alkanes) is 2. The van der Waals surface area contributed by atoms with Crippen molar-refractivity contribution in [3.63, 3.8) is 0 Å². The smallest absolute Gasteiger partial charge is 0.114 e. The number of nitrogens with zero attached hydrogens (tertiary/aromatic N) is 3.